The molecule has 0 aromatic heterocycles. The van der Waals surface area contributed by atoms with Crippen LogP contribution in [0.4, 0.5) is 0 Å². The quantitative estimate of drug-likeness (QED) is 0.857. The van der Waals surface area contributed by atoms with E-state index in [1.54, 1.807) is 7.11 Å². The van der Waals surface area contributed by atoms with Crippen molar-refractivity contribution >= 4 is 0 Å². The molecule has 1 fully saturated rings. The maximum Gasteiger partial charge on any atom is 0.124 e. The zero-order chi connectivity index (χ0) is 13.5. The average molecular weight is 265 g/mol. The molecule has 1 heterocycles. The van der Waals surface area contributed by atoms with Gasteiger partial charge in [-0.3, -0.25) is 0 Å². The predicted octanol–water partition coefficient (Wildman–Crippen LogP) is 2.28. The molecule has 4 nitrogen and oxygen atoms in total. The molecule has 0 saturated carbocycles. The fraction of sp³-hybridized carbons (Fsp3) is 0.600. The molecule has 0 bridgehead atoms. The van der Waals surface area contributed by atoms with E-state index in [0.29, 0.717) is 13.2 Å². The Kier molecular flexibility index (Phi) is 5.63. The molecular formula is C15H23NO3. The zero-order valence-electron chi connectivity index (χ0n) is 11.5. The minimum absolute atomic E-state index is 0.137. The predicted molar refractivity (Wildman–Crippen MR) is 74.3 cm³/mol. The topological polar surface area (TPSA) is 53.7 Å². The Balaban J connectivity index is 1.95. The Hall–Kier alpha value is -1.10. The van der Waals surface area contributed by atoms with Crippen molar-refractivity contribution in [1.82, 2.24) is 0 Å². The zero-order valence-corrected chi connectivity index (χ0v) is 11.5. The lowest BCUT2D eigenvalue weighted by Crippen LogP contribution is -2.27. The van der Waals surface area contributed by atoms with E-state index in [-0.39, 0.29) is 12.2 Å². The average Bonchev–Trinajstić information content (AvgIpc) is 2.49. The summed E-state index contributed by atoms with van der Waals surface area (Å²) in [5.74, 6) is 0.822. The van der Waals surface area contributed by atoms with Crippen molar-refractivity contribution in [3.63, 3.8) is 0 Å². The normalized spacial score (nSPS) is 21.1. The minimum atomic E-state index is -0.137. The van der Waals surface area contributed by atoms with Crippen molar-refractivity contribution < 1.29 is 14.2 Å². The summed E-state index contributed by atoms with van der Waals surface area (Å²) in [6, 6.07) is 7.84. The number of hydrogen-bond acceptors (Lipinski definition) is 4. The van der Waals surface area contributed by atoms with Gasteiger partial charge in [-0.05, 0) is 25.3 Å². The van der Waals surface area contributed by atoms with Gasteiger partial charge in [0.15, 0.2) is 0 Å². The van der Waals surface area contributed by atoms with Gasteiger partial charge >= 0.3 is 0 Å². The lowest BCUT2D eigenvalue weighted by atomic mass is 10.1. The lowest BCUT2D eigenvalue weighted by Gasteiger charge is -2.25. The first kappa shape index (κ1) is 14.3. The second kappa shape index (κ2) is 7.48. The third kappa shape index (κ3) is 3.93. The molecule has 2 atom stereocenters. The summed E-state index contributed by atoms with van der Waals surface area (Å²) in [5.41, 5.74) is 6.83. The largest absolute Gasteiger partial charge is 0.496 e. The molecule has 0 amide bonds. The second-order valence-electron chi connectivity index (χ2n) is 4.79. The number of para-hydroxylation sites is 1. The van der Waals surface area contributed by atoms with Crippen LogP contribution in [0.25, 0.3) is 0 Å². The van der Waals surface area contributed by atoms with Crippen molar-refractivity contribution in [2.24, 2.45) is 5.73 Å². The summed E-state index contributed by atoms with van der Waals surface area (Å²) in [6.45, 7) is 1.88. The van der Waals surface area contributed by atoms with E-state index in [2.05, 4.69) is 0 Å². The van der Waals surface area contributed by atoms with Gasteiger partial charge in [0.2, 0.25) is 0 Å². The van der Waals surface area contributed by atoms with Crippen LogP contribution in [-0.2, 0) is 9.47 Å². The van der Waals surface area contributed by atoms with Crippen LogP contribution in [-0.4, -0.2) is 33.0 Å². The van der Waals surface area contributed by atoms with E-state index in [0.717, 1.165) is 30.8 Å². The van der Waals surface area contributed by atoms with Crippen molar-refractivity contribution in [3.8, 4) is 5.75 Å². The summed E-state index contributed by atoms with van der Waals surface area (Å²) in [5, 5.41) is 0. The van der Waals surface area contributed by atoms with Crippen LogP contribution in [0.5, 0.6) is 5.75 Å². The molecule has 19 heavy (non-hydrogen) atoms. The van der Waals surface area contributed by atoms with E-state index in [4.69, 9.17) is 19.9 Å². The van der Waals surface area contributed by atoms with Crippen LogP contribution in [0.2, 0.25) is 0 Å². The summed E-state index contributed by atoms with van der Waals surface area (Å²) in [7, 11) is 1.66. The number of benzene rings is 1. The lowest BCUT2D eigenvalue weighted by molar-refractivity contribution is -0.0621. The number of hydrogen-bond donors (Lipinski definition) is 1. The van der Waals surface area contributed by atoms with Gasteiger partial charge in [0.25, 0.3) is 0 Å². The molecule has 1 aromatic rings. The second-order valence-corrected chi connectivity index (χ2v) is 4.79. The van der Waals surface area contributed by atoms with E-state index < -0.39 is 0 Å². The highest BCUT2D eigenvalue weighted by atomic mass is 16.5. The number of methoxy groups -OCH3 is 1. The highest BCUT2D eigenvalue weighted by Crippen LogP contribution is 2.27. The molecule has 1 aromatic carbocycles. The monoisotopic (exact) mass is 265 g/mol. The molecule has 0 radical (unpaired) electrons. The summed E-state index contributed by atoms with van der Waals surface area (Å²) in [4.78, 5) is 0. The van der Waals surface area contributed by atoms with E-state index in [1.807, 2.05) is 24.3 Å². The van der Waals surface area contributed by atoms with Crippen molar-refractivity contribution in [3.05, 3.63) is 29.8 Å². The van der Waals surface area contributed by atoms with E-state index >= 15 is 0 Å². The molecule has 4 heteroatoms. The number of nitrogens with two attached hydrogens (primary N) is 1. The van der Waals surface area contributed by atoms with Crippen LogP contribution in [0, 0.1) is 0 Å². The maximum absolute atomic E-state index is 5.93. The van der Waals surface area contributed by atoms with Crippen LogP contribution >= 0.6 is 0 Å². The van der Waals surface area contributed by atoms with Crippen molar-refractivity contribution in [1.29, 1.82) is 0 Å². The molecule has 1 aliphatic heterocycles. The van der Waals surface area contributed by atoms with Gasteiger partial charge in [0.1, 0.15) is 5.75 Å². The van der Waals surface area contributed by atoms with Crippen LogP contribution in [0.3, 0.4) is 0 Å². The Morgan fingerprint density at radius 3 is 2.89 bits per heavy atom. The van der Waals surface area contributed by atoms with Gasteiger partial charge in [-0.15, -0.1) is 0 Å². The molecule has 2 N–H and O–H groups in total. The third-order valence-corrected chi connectivity index (χ3v) is 3.46. The fourth-order valence-electron chi connectivity index (χ4n) is 2.38. The molecule has 2 rings (SSSR count). The molecule has 2 unspecified atom stereocenters. The van der Waals surface area contributed by atoms with Gasteiger partial charge in [-0.25, -0.2) is 0 Å². The molecule has 106 valence electrons. The first-order valence-corrected chi connectivity index (χ1v) is 6.91. The van der Waals surface area contributed by atoms with Gasteiger partial charge in [0, 0.05) is 18.7 Å². The smallest absolute Gasteiger partial charge is 0.124 e. The van der Waals surface area contributed by atoms with Crippen molar-refractivity contribution in [2.45, 2.75) is 31.5 Å². The summed E-state index contributed by atoms with van der Waals surface area (Å²) >= 11 is 0. The number of ether oxygens (including phenoxy) is 3. The fourth-order valence-corrected chi connectivity index (χ4v) is 2.38. The standard InChI is InChI=1S/C15H23NO3/c1-17-14-8-3-2-7-13(14)15(10-16)19-11-12-6-4-5-9-18-12/h2-3,7-8,12,15H,4-6,9-11,16H2,1H3. The van der Waals surface area contributed by atoms with Crippen LogP contribution < -0.4 is 10.5 Å². The van der Waals surface area contributed by atoms with Crippen LogP contribution in [0.15, 0.2) is 24.3 Å². The van der Waals surface area contributed by atoms with E-state index in [9.17, 15) is 0 Å². The Bertz CT molecular complexity index is 377. The van der Waals surface area contributed by atoms with Crippen LogP contribution in [0.1, 0.15) is 30.9 Å². The highest BCUT2D eigenvalue weighted by molar-refractivity contribution is 5.35. The molecular weight excluding hydrogens is 242 g/mol. The van der Waals surface area contributed by atoms with Crippen molar-refractivity contribution in [2.75, 3.05) is 26.9 Å². The Labute approximate surface area is 114 Å². The van der Waals surface area contributed by atoms with Gasteiger partial charge < -0.3 is 19.9 Å². The third-order valence-electron chi connectivity index (χ3n) is 3.46. The molecule has 1 aliphatic rings. The molecule has 0 spiro atoms. The van der Waals surface area contributed by atoms with E-state index in [1.165, 1.54) is 6.42 Å². The summed E-state index contributed by atoms with van der Waals surface area (Å²) in [6.07, 6.45) is 3.52. The number of rotatable bonds is 6. The Morgan fingerprint density at radius 1 is 1.37 bits per heavy atom. The van der Waals surface area contributed by atoms with Gasteiger partial charge in [-0.1, -0.05) is 18.2 Å². The Morgan fingerprint density at radius 2 is 2.21 bits per heavy atom. The van der Waals surface area contributed by atoms with Gasteiger partial charge in [0.05, 0.1) is 25.9 Å². The minimum Gasteiger partial charge on any atom is -0.496 e. The molecule has 0 aliphatic carbocycles. The molecule has 1 saturated heterocycles. The summed E-state index contributed by atoms with van der Waals surface area (Å²) < 4.78 is 17.0. The maximum atomic E-state index is 5.93. The SMILES string of the molecule is COc1ccccc1C(CN)OCC1CCCCO1. The first-order valence-electron chi connectivity index (χ1n) is 6.91. The first-order chi connectivity index (χ1) is 9.35. The highest BCUT2D eigenvalue weighted by Gasteiger charge is 2.19. The van der Waals surface area contributed by atoms with Gasteiger partial charge in [-0.2, -0.15) is 0 Å².